The Hall–Kier alpha value is -2.45. The van der Waals surface area contributed by atoms with E-state index in [9.17, 15) is 14.4 Å². The molecule has 0 unspecified atom stereocenters. The number of hydrogen-bond donors (Lipinski definition) is 1. The smallest absolute Gasteiger partial charge is 0.305 e. The van der Waals surface area contributed by atoms with Gasteiger partial charge in [0.1, 0.15) is 4.83 Å². The van der Waals surface area contributed by atoms with Crippen molar-refractivity contribution in [3.05, 3.63) is 59.2 Å². The molecular formula is C18H17ClN4O3S. The summed E-state index contributed by atoms with van der Waals surface area (Å²) in [5.74, 6) is 0.212. The number of aryl methyl sites for hydroxylation is 3. The zero-order valence-electron chi connectivity index (χ0n) is 14.8. The maximum absolute atomic E-state index is 12.6. The number of nitrogens with zero attached hydrogens (tertiary/aromatic N) is 3. The summed E-state index contributed by atoms with van der Waals surface area (Å²) in [5, 5.41) is 0.789. The van der Waals surface area contributed by atoms with Gasteiger partial charge in [-0.25, -0.2) is 9.78 Å². The highest BCUT2D eigenvalue weighted by Crippen LogP contribution is 2.34. The molecule has 0 atom stereocenters. The Morgan fingerprint density at radius 3 is 2.78 bits per heavy atom. The molecule has 3 heterocycles. The normalized spacial score (nSPS) is 14.6. The Balaban J connectivity index is 1.85. The van der Waals surface area contributed by atoms with Crippen LogP contribution in [0.1, 0.15) is 34.7 Å². The van der Waals surface area contributed by atoms with E-state index >= 15 is 0 Å². The van der Waals surface area contributed by atoms with Gasteiger partial charge in [0.05, 0.1) is 16.0 Å². The van der Waals surface area contributed by atoms with E-state index < -0.39 is 11.2 Å². The number of H-pyrrole nitrogens is 1. The van der Waals surface area contributed by atoms with Gasteiger partial charge in [-0.15, -0.1) is 11.3 Å². The fourth-order valence-electron chi connectivity index (χ4n) is 3.42. The number of aromatic nitrogens is 4. The molecule has 1 aliphatic carbocycles. The van der Waals surface area contributed by atoms with Gasteiger partial charge in [0.15, 0.2) is 5.82 Å². The molecule has 0 fully saturated rings. The third-order valence-electron chi connectivity index (χ3n) is 4.81. The highest BCUT2D eigenvalue weighted by Gasteiger charge is 2.20. The maximum atomic E-state index is 12.6. The van der Waals surface area contributed by atoms with Crippen LogP contribution in [0.5, 0.6) is 0 Å². The Kier molecular flexibility index (Phi) is 4.39. The lowest BCUT2D eigenvalue weighted by atomic mass is 9.97. The molecule has 0 spiro atoms. The first-order chi connectivity index (χ1) is 12.9. The topological polar surface area (TPSA) is 89.8 Å². The van der Waals surface area contributed by atoms with Gasteiger partial charge < -0.3 is 9.55 Å². The summed E-state index contributed by atoms with van der Waals surface area (Å²) >= 11 is 7.89. The molecule has 0 amide bonds. The Morgan fingerprint density at radius 1 is 1.26 bits per heavy atom. The number of nitrogens with one attached hydrogen (secondary N) is 1. The van der Waals surface area contributed by atoms with Crippen LogP contribution in [0.25, 0.3) is 21.3 Å². The van der Waals surface area contributed by atoms with E-state index in [1.165, 1.54) is 40.1 Å². The minimum atomic E-state index is -0.466. The van der Waals surface area contributed by atoms with Crippen LogP contribution in [0, 0.1) is 0 Å². The first-order valence-electron chi connectivity index (χ1n) is 8.55. The van der Waals surface area contributed by atoms with Crippen LogP contribution < -0.4 is 16.8 Å². The summed E-state index contributed by atoms with van der Waals surface area (Å²) in [7, 11) is 2.95. The molecule has 9 heteroatoms. The molecule has 0 radical (unpaired) electrons. The minimum absolute atomic E-state index is 0.135. The summed E-state index contributed by atoms with van der Waals surface area (Å²) < 4.78 is 2.30. The summed E-state index contributed by atoms with van der Waals surface area (Å²) in [4.78, 5) is 45.8. The molecule has 0 aromatic carbocycles. The third kappa shape index (κ3) is 2.98. The molecule has 0 bridgehead atoms. The Morgan fingerprint density at radius 2 is 2.00 bits per heavy atom. The molecule has 0 saturated carbocycles. The molecule has 7 nitrogen and oxygen atoms in total. The molecule has 1 N–H and O–H groups in total. The highest BCUT2D eigenvalue weighted by molar-refractivity contribution is 7.18. The van der Waals surface area contributed by atoms with Gasteiger partial charge in [0.2, 0.25) is 0 Å². The van der Waals surface area contributed by atoms with Crippen molar-refractivity contribution >= 4 is 44.3 Å². The number of fused-ring (bicyclic) bond motifs is 3. The molecule has 0 saturated heterocycles. The first-order valence-corrected chi connectivity index (χ1v) is 9.75. The van der Waals surface area contributed by atoms with E-state index in [0.29, 0.717) is 10.2 Å². The van der Waals surface area contributed by atoms with Crippen molar-refractivity contribution in [1.82, 2.24) is 19.1 Å². The van der Waals surface area contributed by atoms with Crippen LogP contribution in [0.4, 0.5) is 0 Å². The van der Waals surface area contributed by atoms with Gasteiger partial charge in [0.25, 0.3) is 11.1 Å². The average molecular weight is 405 g/mol. The van der Waals surface area contributed by atoms with Gasteiger partial charge in [-0.2, -0.15) is 0 Å². The standard InChI is InChI=1S/C18H17ClN4O3S/c1-22-8-9(17(25)23(2)18(22)26)7-11(19)14-20-15(24)13-10-5-3-4-6-12(10)27-16(13)21-14/h7-8H,3-6H2,1-2H3,(H,20,21,24)/b11-7-. The number of thiophene rings is 1. The average Bonchev–Trinajstić information content (AvgIpc) is 3.03. The van der Waals surface area contributed by atoms with Crippen molar-refractivity contribution in [2.24, 2.45) is 14.1 Å². The zero-order chi connectivity index (χ0) is 19.3. The van der Waals surface area contributed by atoms with Crippen LogP contribution >= 0.6 is 22.9 Å². The number of rotatable bonds is 2. The second-order valence-electron chi connectivity index (χ2n) is 6.64. The molecule has 27 heavy (non-hydrogen) atoms. The molecule has 3 aromatic rings. The van der Waals surface area contributed by atoms with Crippen molar-refractivity contribution < 1.29 is 0 Å². The second kappa shape index (κ2) is 6.61. The summed E-state index contributed by atoms with van der Waals surface area (Å²) in [6.45, 7) is 0. The molecular weight excluding hydrogens is 388 g/mol. The van der Waals surface area contributed by atoms with Gasteiger partial charge in [-0.1, -0.05) is 11.6 Å². The van der Waals surface area contributed by atoms with Crippen LogP contribution in [0.3, 0.4) is 0 Å². The number of aromatic amines is 1. The van der Waals surface area contributed by atoms with Crippen molar-refractivity contribution in [2.75, 3.05) is 0 Å². The fraction of sp³-hybridized carbons (Fsp3) is 0.333. The van der Waals surface area contributed by atoms with Gasteiger partial charge in [-0.05, 0) is 37.3 Å². The van der Waals surface area contributed by atoms with E-state index in [4.69, 9.17) is 11.6 Å². The lowest BCUT2D eigenvalue weighted by Gasteiger charge is -2.09. The number of hydrogen-bond acceptors (Lipinski definition) is 5. The fourth-order valence-corrected chi connectivity index (χ4v) is 4.89. The zero-order valence-corrected chi connectivity index (χ0v) is 16.4. The van der Waals surface area contributed by atoms with Crippen LogP contribution in [0.2, 0.25) is 0 Å². The lowest BCUT2D eigenvalue weighted by Crippen LogP contribution is -2.37. The summed E-state index contributed by atoms with van der Waals surface area (Å²) in [6, 6.07) is 0. The van der Waals surface area contributed by atoms with Gasteiger partial charge in [-0.3, -0.25) is 14.2 Å². The predicted octanol–water partition coefficient (Wildman–Crippen LogP) is 2.00. The summed E-state index contributed by atoms with van der Waals surface area (Å²) in [6.07, 6.45) is 6.91. The minimum Gasteiger partial charge on any atom is -0.305 e. The van der Waals surface area contributed by atoms with Crippen LogP contribution in [-0.4, -0.2) is 19.1 Å². The van der Waals surface area contributed by atoms with Crippen LogP contribution in [-0.2, 0) is 26.9 Å². The predicted molar refractivity (Wildman–Crippen MR) is 108 cm³/mol. The van der Waals surface area contributed by atoms with Crippen molar-refractivity contribution in [2.45, 2.75) is 25.7 Å². The molecule has 4 rings (SSSR count). The van der Waals surface area contributed by atoms with Gasteiger partial charge in [0, 0.05) is 25.2 Å². The van der Waals surface area contributed by atoms with E-state index in [1.54, 1.807) is 7.05 Å². The molecule has 140 valence electrons. The van der Waals surface area contributed by atoms with Crippen molar-refractivity contribution in [3.8, 4) is 0 Å². The van der Waals surface area contributed by atoms with E-state index in [1.807, 2.05) is 0 Å². The monoisotopic (exact) mass is 404 g/mol. The molecule has 3 aromatic heterocycles. The largest absolute Gasteiger partial charge is 0.330 e. The van der Waals surface area contributed by atoms with Crippen molar-refractivity contribution in [3.63, 3.8) is 0 Å². The lowest BCUT2D eigenvalue weighted by molar-refractivity contribution is 0.683. The van der Waals surface area contributed by atoms with Gasteiger partial charge >= 0.3 is 5.69 Å². The highest BCUT2D eigenvalue weighted by atomic mass is 35.5. The van der Waals surface area contributed by atoms with E-state index in [-0.39, 0.29) is 22.0 Å². The summed E-state index contributed by atoms with van der Waals surface area (Å²) in [5.41, 5.74) is 0.234. The maximum Gasteiger partial charge on any atom is 0.330 e. The van der Waals surface area contributed by atoms with E-state index in [2.05, 4.69) is 9.97 Å². The molecule has 0 aliphatic heterocycles. The molecule has 1 aliphatic rings. The first kappa shape index (κ1) is 17.9. The van der Waals surface area contributed by atoms with Crippen LogP contribution in [0.15, 0.2) is 20.6 Å². The number of halogens is 1. The third-order valence-corrected chi connectivity index (χ3v) is 6.28. The quantitative estimate of drug-likeness (QED) is 0.707. The second-order valence-corrected chi connectivity index (χ2v) is 8.13. The SMILES string of the molecule is Cn1cc(/C=C(\Cl)c2nc3sc4c(c3c(=O)[nH]2)CCCC4)c(=O)n(C)c1=O. The Labute approximate surface area is 162 Å². The van der Waals surface area contributed by atoms with E-state index in [0.717, 1.165) is 35.8 Å². The Bertz CT molecular complexity index is 1280. The van der Waals surface area contributed by atoms with Crippen molar-refractivity contribution in [1.29, 1.82) is 0 Å².